The maximum atomic E-state index is 12.2. The number of carbonyl (C=O) groups is 1. The van der Waals surface area contributed by atoms with Crippen molar-refractivity contribution in [3.8, 4) is 5.75 Å². The van der Waals surface area contributed by atoms with E-state index in [1.165, 1.54) is 11.1 Å². The lowest BCUT2D eigenvalue weighted by atomic mass is 10.0. The van der Waals surface area contributed by atoms with Crippen LogP contribution in [0.4, 0.5) is 0 Å². The van der Waals surface area contributed by atoms with Crippen LogP contribution in [0.1, 0.15) is 35.2 Å². The number of methoxy groups -OCH3 is 1. The van der Waals surface area contributed by atoms with Crippen molar-refractivity contribution in [1.82, 2.24) is 5.32 Å². The van der Waals surface area contributed by atoms with E-state index in [2.05, 4.69) is 37.4 Å². The molecule has 0 radical (unpaired) electrons. The Morgan fingerprint density at radius 1 is 1.14 bits per heavy atom. The molecule has 1 atom stereocenters. The van der Waals surface area contributed by atoms with Gasteiger partial charge in [0.15, 0.2) is 0 Å². The summed E-state index contributed by atoms with van der Waals surface area (Å²) in [6.07, 6.45) is 0.319. The van der Waals surface area contributed by atoms with Crippen LogP contribution in [0.5, 0.6) is 5.75 Å². The van der Waals surface area contributed by atoms with Crippen molar-refractivity contribution in [3.63, 3.8) is 0 Å². The molecule has 0 aliphatic rings. The average Bonchev–Trinajstić information content (AvgIpc) is 2.50. The summed E-state index contributed by atoms with van der Waals surface area (Å²) in [5.74, 6) is 0.742. The maximum absolute atomic E-state index is 12.2. The summed E-state index contributed by atoms with van der Waals surface area (Å²) in [5, 5.41) is 3.05. The van der Waals surface area contributed by atoms with Gasteiger partial charge in [-0.15, -0.1) is 0 Å². The molecule has 2 aromatic carbocycles. The highest BCUT2D eigenvalue weighted by Gasteiger charge is 2.12. The van der Waals surface area contributed by atoms with Crippen LogP contribution in [-0.2, 0) is 11.2 Å². The van der Waals surface area contributed by atoms with Gasteiger partial charge in [0.25, 0.3) is 0 Å². The summed E-state index contributed by atoms with van der Waals surface area (Å²) in [6, 6.07) is 13.9. The average molecular weight is 297 g/mol. The molecular formula is C19H23NO2. The molecule has 2 aromatic rings. The first kappa shape index (κ1) is 16.1. The van der Waals surface area contributed by atoms with Gasteiger partial charge >= 0.3 is 0 Å². The molecule has 3 heteroatoms. The predicted molar refractivity (Wildman–Crippen MR) is 89.2 cm³/mol. The zero-order valence-corrected chi connectivity index (χ0v) is 13.6. The van der Waals surface area contributed by atoms with E-state index in [0.29, 0.717) is 6.42 Å². The van der Waals surface area contributed by atoms with Crippen LogP contribution in [-0.4, -0.2) is 13.0 Å². The lowest BCUT2D eigenvalue weighted by molar-refractivity contribution is -0.121. The molecule has 22 heavy (non-hydrogen) atoms. The van der Waals surface area contributed by atoms with Gasteiger partial charge in [0, 0.05) is 5.56 Å². The maximum Gasteiger partial charge on any atom is 0.225 e. The standard InChI is InChI=1S/C19H23NO2/c1-13-9-10-16(11-14(13)2)15(3)20-19(21)12-17-7-5-6-8-18(17)22-4/h5-11,15H,12H2,1-4H3,(H,20,21). The second-order valence-electron chi connectivity index (χ2n) is 5.62. The normalized spacial score (nSPS) is 11.8. The number of rotatable bonds is 5. The molecule has 0 bridgehead atoms. The minimum absolute atomic E-state index is 0.00442. The van der Waals surface area contributed by atoms with E-state index in [1.807, 2.05) is 31.2 Å². The van der Waals surface area contributed by atoms with Gasteiger partial charge in [-0.2, -0.15) is 0 Å². The lowest BCUT2D eigenvalue weighted by Crippen LogP contribution is -2.28. The number of benzene rings is 2. The fourth-order valence-electron chi connectivity index (χ4n) is 2.43. The molecule has 0 heterocycles. The molecule has 0 fully saturated rings. The summed E-state index contributed by atoms with van der Waals surface area (Å²) < 4.78 is 5.28. The number of amides is 1. The Morgan fingerprint density at radius 3 is 2.55 bits per heavy atom. The van der Waals surface area contributed by atoms with E-state index in [1.54, 1.807) is 7.11 Å². The monoisotopic (exact) mass is 297 g/mol. The molecule has 0 aromatic heterocycles. The summed E-state index contributed by atoms with van der Waals surface area (Å²) in [6.45, 7) is 6.18. The Balaban J connectivity index is 2.03. The number of hydrogen-bond acceptors (Lipinski definition) is 2. The van der Waals surface area contributed by atoms with Crippen molar-refractivity contribution in [2.45, 2.75) is 33.2 Å². The van der Waals surface area contributed by atoms with Gasteiger partial charge in [-0.3, -0.25) is 4.79 Å². The fraction of sp³-hybridized carbons (Fsp3) is 0.316. The Bertz CT molecular complexity index is 664. The summed E-state index contributed by atoms with van der Waals surface area (Å²) in [4.78, 5) is 12.2. The molecule has 2 rings (SSSR count). The minimum atomic E-state index is -0.0125. The Kier molecular flexibility index (Phi) is 5.21. The van der Waals surface area contributed by atoms with Crippen LogP contribution in [0, 0.1) is 13.8 Å². The number of para-hydroxylation sites is 1. The van der Waals surface area contributed by atoms with E-state index >= 15 is 0 Å². The van der Waals surface area contributed by atoms with Gasteiger partial charge in [0.05, 0.1) is 19.6 Å². The smallest absolute Gasteiger partial charge is 0.225 e. The fourth-order valence-corrected chi connectivity index (χ4v) is 2.43. The highest BCUT2D eigenvalue weighted by atomic mass is 16.5. The number of ether oxygens (including phenoxy) is 1. The summed E-state index contributed by atoms with van der Waals surface area (Å²) in [5.41, 5.74) is 4.52. The molecule has 3 nitrogen and oxygen atoms in total. The van der Waals surface area contributed by atoms with Crippen LogP contribution in [0.3, 0.4) is 0 Å². The predicted octanol–water partition coefficient (Wildman–Crippen LogP) is 3.73. The Labute approximate surface area is 132 Å². The van der Waals surface area contributed by atoms with Crippen molar-refractivity contribution >= 4 is 5.91 Å². The molecular weight excluding hydrogens is 274 g/mol. The van der Waals surface area contributed by atoms with Crippen molar-refractivity contribution in [2.24, 2.45) is 0 Å². The van der Waals surface area contributed by atoms with Crippen LogP contribution in [0.15, 0.2) is 42.5 Å². The van der Waals surface area contributed by atoms with E-state index in [0.717, 1.165) is 16.9 Å². The second-order valence-corrected chi connectivity index (χ2v) is 5.62. The zero-order chi connectivity index (χ0) is 16.1. The quantitative estimate of drug-likeness (QED) is 0.913. The van der Waals surface area contributed by atoms with Gasteiger partial charge in [-0.1, -0.05) is 36.4 Å². The van der Waals surface area contributed by atoms with Crippen molar-refractivity contribution in [2.75, 3.05) is 7.11 Å². The molecule has 1 N–H and O–H groups in total. The number of aryl methyl sites for hydroxylation is 2. The summed E-state index contributed by atoms with van der Waals surface area (Å²) >= 11 is 0. The number of nitrogens with one attached hydrogen (secondary N) is 1. The molecule has 0 saturated heterocycles. The van der Waals surface area contributed by atoms with Crippen molar-refractivity contribution < 1.29 is 9.53 Å². The lowest BCUT2D eigenvalue weighted by Gasteiger charge is -2.16. The highest BCUT2D eigenvalue weighted by Crippen LogP contribution is 2.19. The Morgan fingerprint density at radius 2 is 1.86 bits per heavy atom. The largest absolute Gasteiger partial charge is 0.496 e. The van der Waals surface area contributed by atoms with Crippen LogP contribution >= 0.6 is 0 Å². The van der Waals surface area contributed by atoms with Gasteiger partial charge in [0.1, 0.15) is 5.75 Å². The first-order valence-corrected chi connectivity index (χ1v) is 7.49. The molecule has 0 aliphatic carbocycles. The highest BCUT2D eigenvalue weighted by molar-refractivity contribution is 5.79. The summed E-state index contributed by atoms with van der Waals surface area (Å²) in [7, 11) is 1.62. The third-order valence-electron chi connectivity index (χ3n) is 3.95. The van der Waals surface area contributed by atoms with Crippen LogP contribution in [0.25, 0.3) is 0 Å². The molecule has 1 unspecified atom stereocenters. The van der Waals surface area contributed by atoms with E-state index in [-0.39, 0.29) is 11.9 Å². The molecule has 0 spiro atoms. The van der Waals surface area contributed by atoms with Gasteiger partial charge < -0.3 is 10.1 Å². The second kappa shape index (κ2) is 7.12. The van der Waals surface area contributed by atoms with E-state index in [4.69, 9.17) is 4.74 Å². The zero-order valence-electron chi connectivity index (χ0n) is 13.6. The Hall–Kier alpha value is -2.29. The van der Waals surface area contributed by atoms with Gasteiger partial charge in [-0.25, -0.2) is 0 Å². The van der Waals surface area contributed by atoms with Crippen LogP contribution in [0.2, 0.25) is 0 Å². The van der Waals surface area contributed by atoms with Crippen molar-refractivity contribution in [1.29, 1.82) is 0 Å². The minimum Gasteiger partial charge on any atom is -0.496 e. The topological polar surface area (TPSA) is 38.3 Å². The molecule has 1 amide bonds. The van der Waals surface area contributed by atoms with E-state index < -0.39 is 0 Å². The van der Waals surface area contributed by atoms with Gasteiger partial charge in [-0.05, 0) is 43.5 Å². The van der Waals surface area contributed by atoms with Crippen LogP contribution < -0.4 is 10.1 Å². The third kappa shape index (κ3) is 3.88. The molecule has 116 valence electrons. The SMILES string of the molecule is COc1ccccc1CC(=O)NC(C)c1ccc(C)c(C)c1. The molecule has 0 aliphatic heterocycles. The van der Waals surface area contributed by atoms with Crippen molar-refractivity contribution in [3.05, 3.63) is 64.7 Å². The van der Waals surface area contributed by atoms with E-state index in [9.17, 15) is 4.79 Å². The van der Waals surface area contributed by atoms with Gasteiger partial charge in [0.2, 0.25) is 5.91 Å². The first-order valence-electron chi connectivity index (χ1n) is 7.49. The number of carbonyl (C=O) groups excluding carboxylic acids is 1. The third-order valence-corrected chi connectivity index (χ3v) is 3.95. The number of hydrogen-bond donors (Lipinski definition) is 1. The first-order chi connectivity index (χ1) is 10.5. The molecule has 0 saturated carbocycles.